The number of methoxy groups -OCH3 is 4. The maximum absolute atomic E-state index is 13.2. The van der Waals surface area contributed by atoms with Crippen LogP contribution in [0.4, 0.5) is 23.3 Å². The number of aliphatic hydroxyl groups excluding tert-OH is 2. The van der Waals surface area contributed by atoms with Crippen LogP contribution in [-0.2, 0) is 95.8 Å². The molecule has 4 aromatic carbocycles. The number of fused-ring (bicyclic) bond motifs is 8. The molecule has 40 heteroatoms. The monoisotopic (exact) mass is 1910 g/mol. The summed E-state index contributed by atoms with van der Waals surface area (Å²) in [6.45, 7) is 5.10. The van der Waals surface area contributed by atoms with Gasteiger partial charge in [0, 0.05) is 151 Å². The van der Waals surface area contributed by atoms with E-state index in [4.69, 9.17) is 46.6 Å². The fourth-order valence-corrected chi connectivity index (χ4v) is 20.8. The number of carbonyl (C=O) groups is 14. The van der Waals surface area contributed by atoms with E-state index in [9.17, 15) is 77.3 Å². The predicted molar refractivity (Wildman–Crippen MR) is 498 cm³/mol. The van der Waals surface area contributed by atoms with Gasteiger partial charge in [0.15, 0.2) is 22.3 Å². The minimum Gasteiger partial charge on any atom is -0.497 e. The molecule has 8 fully saturated rings. The number of aliphatic hydroxyl groups is 2. The molecular weight excluding hydrogens is 1820 g/mol. The average Bonchev–Trinajstić information content (AvgIpc) is 1.60. The zero-order chi connectivity index (χ0) is 98.0. The lowest BCUT2D eigenvalue weighted by Crippen LogP contribution is -2.46. The zero-order valence-electron chi connectivity index (χ0n) is 76.9. The minimum absolute atomic E-state index is 0.00288. The van der Waals surface area contributed by atoms with Crippen LogP contribution < -0.4 is 59.8 Å². The number of nitrogens with one attached hydrogen (secondary N) is 4. The van der Waals surface area contributed by atoms with Crippen molar-refractivity contribution in [1.29, 1.82) is 0 Å². The first-order chi connectivity index (χ1) is 68.0. The molecule has 0 bridgehead atoms. The van der Waals surface area contributed by atoms with Gasteiger partial charge in [0.1, 0.15) is 113 Å². The number of rotatable bonds is 20. The number of benzene rings is 4. The molecule has 0 saturated carbocycles. The molecule has 24 rings (SSSR count). The van der Waals surface area contributed by atoms with Gasteiger partial charge < -0.3 is 76.2 Å². The number of furan rings is 4. The molecule has 6 N–H and O–H groups in total. The second-order valence-electron chi connectivity index (χ2n) is 37.3. The van der Waals surface area contributed by atoms with Gasteiger partial charge in [-0.25, -0.2) is 19.9 Å². The summed E-state index contributed by atoms with van der Waals surface area (Å²) < 4.78 is 45.2. The van der Waals surface area contributed by atoms with E-state index < -0.39 is 75.0 Å². The van der Waals surface area contributed by atoms with Crippen LogP contribution in [0, 0.1) is 0 Å². The van der Waals surface area contributed by atoms with Crippen molar-refractivity contribution in [2.24, 2.45) is 0 Å². The van der Waals surface area contributed by atoms with E-state index >= 15 is 0 Å². The van der Waals surface area contributed by atoms with Crippen LogP contribution in [0.25, 0.3) is 44.4 Å². The fraction of sp³-hybridized carbons (Fsp3) is 0.347. The fourth-order valence-electron chi connectivity index (χ4n) is 20.8. The highest BCUT2D eigenvalue weighted by Crippen LogP contribution is 2.47. The van der Waals surface area contributed by atoms with E-state index in [-0.39, 0.29) is 105 Å². The second kappa shape index (κ2) is 35.6. The Balaban J connectivity index is 0.000000111. The molecule has 40 nitrogen and oxygen atoms in total. The summed E-state index contributed by atoms with van der Waals surface area (Å²) in [7, 11) is 6.14. The van der Waals surface area contributed by atoms with Crippen molar-refractivity contribution in [3.8, 4) is 23.0 Å². The Morgan fingerprint density at radius 3 is 0.915 bits per heavy atom. The number of amides is 14. The van der Waals surface area contributed by atoms with Crippen molar-refractivity contribution < 1.29 is 114 Å². The van der Waals surface area contributed by atoms with Gasteiger partial charge in [0.25, 0.3) is 23.6 Å². The molecule has 722 valence electrons. The number of imide groups is 4. The van der Waals surface area contributed by atoms with Crippen LogP contribution in [0.15, 0.2) is 163 Å². The Bertz CT molecular complexity index is 7340. The molecule has 0 spiro atoms. The summed E-state index contributed by atoms with van der Waals surface area (Å²) in [6.07, 6.45) is 3.54. The van der Waals surface area contributed by atoms with Crippen LogP contribution in [-0.4, -0.2) is 239 Å². The second-order valence-corrected chi connectivity index (χ2v) is 37.3. The van der Waals surface area contributed by atoms with Crippen LogP contribution in [0.5, 0.6) is 23.0 Å². The van der Waals surface area contributed by atoms with E-state index in [1.807, 2.05) is 41.3 Å². The first-order valence-corrected chi connectivity index (χ1v) is 46.3. The SMILES string of the molecule is COc1ccc2c(c1)C(=O)N(C[C@@]1(c3cc4nc(N5CCC(O)CC5)ccc4o3)CC(=O)NC1=O)C2.COc1ccc2c(c1)C(=O)N(C[C@@]1(c3cc4nc(N5CCC5=O)ccc4o3)CC(=O)NC1=O)C2.COc1ccc2c(c1)C(=O)N(C[C@@]1(c3cc4nc(N5CCCC5=O)ccc4o3)CC(=O)NC1=O)C2.COc1ccc2c(c1)C(=O)N(C[C@@]1(c3cc4nc(N5CCC[C@@H](O)C5)ccc4o3)CC(=O)NC1=O)C2. The number of hydrogen-bond acceptors (Lipinski definition) is 30. The van der Waals surface area contributed by atoms with Gasteiger partial charge in [-0.1, -0.05) is 24.3 Å². The number of carbonyl (C=O) groups excluding carboxylic acids is 14. The van der Waals surface area contributed by atoms with Crippen molar-refractivity contribution in [1.82, 2.24) is 60.8 Å². The molecule has 0 aliphatic carbocycles. The standard InChI is InChI=1S/2C26H26N4O6.C25H22N4O6.C24H20N4O6/c1-35-17-3-2-15-13-30(24(33)18(15)10-17)14-26(12-23(32)28-25(26)34)21-11-19-20(36-21)4-5-22(27-19)29-8-6-16(31)7-9-29;1-35-17-5-4-15-12-30(24(33)18(15)9-17)14-26(11-23(32)28-25(26)34)21-10-19-20(36-21)6-7-22(27-19)29-8-2-3-16(31)13-29;1-34-15-5-4-14-12-28(23(32)16(14)9-15)13-25(11-21(30)27-24(25)33)19-10-17-18(35-19)6-7-20(26-17)29-8-2-3-22(29)31;1-33-14-3-2-13-11-27(22(31)15(13)8-14)12-24(10-20(29)26-23(24)32)18-9-16-17(34-18)4-5-19(25-16)28-7-6-21(28)30/h2-5,10-11,16,31H,6-9,12-14H2,1H3,(H,28,32,34);4-7,9-10,16,31H,2-3,8,11-14H2,1H3,(H,28,32,34);4-7,9-10H,2-3,8,11-13H2,1H3,(H,27,30,33);2-5,8-9H,6-7,10-12H2,1H3,(H,26,29,32)/t26-;16-,26-;25-;24-/m1111/s1. The number of ether oxygens (including phenoxy) is 4. The summed E-state index contributed by atoms with van der Waals surface area (Å²) in [4.78, 5) is 211. The highest BCUT2D eigenvalue weighted by Gasteiger charge is 2.58. The molecule has 8 saturated heterocycles. The third-order valence-electron chi connectivity index (χ3n) is 28.5. The van der Waals surface area contributed by atoms with Gasteiger partial charge in [-0.2, -0.15) is 0 Å². The molecule has 8 aromatic heterocycles. The molecular formula is C101H94N16O24. The van der Waals surface area contributed by atoms with Crippen molar-refractivity contribution in [3.05, 3.63) is 213 Å². The summed E-state index contributed by atoms with van der Waals surface area (Å²) in [5, 5.41) is 29.4. The summed E-state index contributed by atoms with van der Waals surface area (Å²) in [5.41, 5.74) is 3.81. The van der Waals surface area contributed by atoms with Crippen LogP contribution >= 0.6 is 0 Å². The molecule has 0 radical (unpaired) electrons. The first-order valence-electron chi connectivity index (χ1n) is 46.3. The van der Waals surface area contributed by atoms with Gasteiger partial charge in [-0.3, -0.25) is 98.2 Å². The van der Waals surface area contributed by atoms with Gasteiger partial charge >= 0.3 is 0 Å². The van der Waals surface area contributed by atoms with Gasteiger partial charge in [0.2, 0.25) is 59.1 Å². The highest BCUT2D eigenvalue weighted by molar-refractivity contribution is 6.14. The van der Waals surface area contributed by atoms with Gasteiger partial charge in [0.05, 0.1) is 66.3 Å². The number of anilines is 4. The van der Waals surface area contributed by atoms with Gasteiger partial charge in [-0.15, -0.1) is 0 Å². The molecule has 0 unspecified atom stereocenters. The molecule has 12 aliphatic heterocycles. The van der Waals surface area contributed by atoms with E-state index in [0.29, 0.717) is 203 Å². The topological polar surface area (TPSA) is 495 Å². The van der Waals surface area contributed by atoms with Gasteiger partial charge in [-0.05, 0) is 151 Å². The number of piperidine rings is 2. The molecule has 12 aliphatic rings. The summed E-state index contributed by atoms with van der Waals surface area (Å²) in [5.74, 6) is 1.29. The van der Waals surface area contributed by atoms with Crippen LogP contribution in [0.3, 0.4) is 0 Å². The quantitative estimate of drug-likeness (QED) is 0.0334. The Kier molecular flexibility index (Phi) is 23.0. The van der Waals surface area contributed by atoms with Crippen molar-refractivity contribution in [3.63, 3.8) is 0 Å². The highest BCUT2D eigenvalue weighted by atomic mass is 16.5. The maximum atomic E-state index is 13.2. The lowest BCUT2D eigenvalue weighted by atomic mass is 9.82. The Labute approximate surface area is 801 Å². The number of β-amino-alcohol motifs (C(OH)–C–C–N with tert-alkyl or cyclic N) is 1. The van der Waals surface area contributed by atoms with Crippen molar-refractivity contribution in [2.75, 3.05) is 113 Å². The molecule has 141 heavy (non-hydrogen) atoms. The third kappa shape index (κ3) is 16.4. The summed E-state index contributed by atoms with van der Waals surface area (Å²) >= 11 is 0. The number of β-lactam (4-membered cyclic amide) rings is 1. The van der Waals surface area contributed by atoms with E-state index in [2.05, 4.69) is 36.1 Å². The molecule has 12 aromatic rings. The smallest absolute Gasteiger partial charge is 0.254 e. The summed E-state index contributed by atoms with van der Waals surface area (Å²) in [6, 6.07) is 41.9. The van der Waals surface area contributed by atoms with E-state index in [1.54, 1.807) is 139 Å². The first kappa shape index (κ1) is 91.2. The third-order valence-corrected chi connectivity index (χ3v) is 28.5. The number of pyridine rings is 4. The largest absolute Gasteiger partial charge is 0.497 e. The zero-order valence-corrected chi connectivity index (χ0v) is 76.9. The van der Waals surface area contributed by atoms with Crippen LogP contribution in [0.2, 0.25) is 0 Å². The lowest BCUT2D eigenvalue weighted by molar-refractivity contribution is -0.128. The van der Waals surface area contributed by atoms with E-state index in [1.165, 1.54) is 28.4 Å². The molecule has 14 amide bonds. The van der Waals surface area contributed by atoms with Crippen molar-refractivity contribution >= 4 is 150 Å². The van der Waals surface area contributed by atoms with E-state index in [0.717, 1.165) is 53.9 Å². The van der Waals surface area contributed by atoms with Crippen molar-refractivity contribution in [2.45, 2.75) is 131 Å². The minimum atomic E-state index is -1.39. The lowest BCUT2D eigenvalue weighted by Gasteiger charge is -2.30. The maximum Gasteiger partial charge on any atom is 0.254 e. The normalized spacial score (nSPS) is 22.5. The average molecular weight is 1920 g/mol. The predicted octanol–water partition coefficient (Wildman–Crippen LogP) is 6.89. The number of nitrogens with zero attached hydrogens (tertiary/aromatic N) is 12. The Hall–Kier alpha value is -16.3. The Morgan fingerprint density at radius 2 is 0.638 bits per heavy atom. The molecule has 20 heterocycles. The van der Waals surface area contributed by atoms with Crippen LogP contribution in [0.1, 0.15) is 157 Å². The number of hydrogen-bond donors (Lipinski definition) is 6. The number of aromatic nitrogens is 4. The molecule has 5 atom stereocenters. The Morgan fingerprint density at radius 1 is 0.333 bits per heavy atom.